The van der Waals surface area contributed by atoms with E-state index < -0.39 is 18.1 Å². The van der Waals surface area contributed by atoms with Gasteiger partial charge in [0.1, 0.15) is 5.69 Å². The lowest BCUT2D eigenvalue weighted by atomic mass is 9.90. The first-order valence-corrected chi connectivity index (χ1v) is 10.9. The summed E-state index contributed by atoms with van der Waals surface area (Å²) < 4.78 is 33.4. The molecular formula is C22H29F3N4O4. The summed E-state index contributed by atoms with van der Waals surface area (Å²) in [4.78, 5) is 24.9. The molecule has 0 unspecified atom stereocenters. The van der Waals surface area contributed by atoms with Gasteiger partial charge in [-0.2, -0.15) is 18.3 Å². The van der Waals surface area contributed by atoms with Crippen molar-refractivity contribution in [1.82, 2.24) is 20.1 Å². The smallest absolute Gasteiger partial charge is 0.477 e. The molecule has 1 aliphatic rings. The minimum Gasteiger partial charge on any atom is -0.477 e. The summed E-state index contributed by atoms with van der Waals surface area (Å²) >= 11 is 0. The van der Waals surface area contributed by atoms with Gasteiger partial charge in [0, 0.05) is 30.1 Å². The number of nitrogens with one attached hydrogen (secondary N) is 1. The topological polar surface area (TPSA) is 117 Å². The molecule has 0 fully saturated rings. The maximum atomic E-state index is 11.8. The number of halogens is 3. The standard InChI is InChI=1S/C20H28N4O2.C2HF3O2/c1-3-14(4-2)12-21-9-5-11-24-19(20(25)26)17-7-6-15-13-22-10-8-16(15)18(17)23-24;3-2(4,5)1(6)7/h8,10,13-14,21H,3-7,9,11-12H2,1-2H3,(H,25,26);(H,6,7). The van der Waals surface area contributed by atoms with Crippen LogP contribution in [0.4, 0.5) is 13.2 Å². The van der Waals surface area contributed by atoms with Crippen LogP contribution >= 0.6 is 0 Å². The van der Waals surface area contributed by atoms with E-state index in [4.69, 9.17) is 9.90 Å². The van der Waals surface area contributed by atoms with Gasteiger partial charge in [0.05, 0.1) is 5.69 Å². The van der Waals surface area contributed by atoms with Crippen molar-refractivity contribution in [2.24, 2.45) is 5.92 Å². The number of pyridine rings is 1. The highest BCUT2D eigenvalue weighted by molar-refractivity contribution is 5.90. The van der Waals surface area contributed by atoms with Crippen molar-refractivity contribution in [2.75, 3.05) is 13.1 Å². The van der Waals surface area contributed by atoms with Crippen LogP contribution in [0.15, 0.2) is 18.5 Å². The van der Waals surface area contributed by atoms with E-state index in [0.717, 1.165) is 48.3 Å². The molecule has 182 valence electrons. The van der Waals surface area contributed by atoms with Crippen LogP contribution < -0.4 is 5.32 Å². The zero-order valence-corrected chi connectivity index (χ0v) is 18.7. The molecule has 0 saturated heterocycles. The highest BCUT2D eigenvalue weighted by Crippen LogP contribution is 2.34. The van der Waals surface area contributed by atoms with Crippen molar-refractivity contribution >= 4 is 11.9 Å². The Bertz CT molecular complexity index is 956. The Hall–Kier alpha value is -2.95. The maximum absolute atomic E-state index is 11.8. The summed E-state index contributed by atoms with van der Waals surface area (Å²) in [5.74, 6) is -2.93. The van der Waals surface area contributed by atoms with Crippen molar-refractivity contribution in [2.45, 2.75) is 58.7 Å². The molecule has 11 heteroatoms. The van der Waals surface area contributed by atoms with E-state index in [0.29, 0.717) is 24.6 Å². The zero-order valence-electron chi connectivity index (χ0n) is 18.7. The number of aliphatic carboxylic acids is 1. The minimum absolute atomic E-state index is 0.349. The molecular weight excluding hydrogens is 441 g/mol. The number of hydrogen-bond donors (Lipinski definition) is 3. The first-order chi connectivity index (χ1) is 15.6. The molecule has 33 heavy (non-hydrogen) atoms. The van der Waals surface area contributed by atoms with Crippen LogP contribution in [0.3, 0.4) is 0 Å². The first kappa shape index (κ1) is 26.3. The molecule has 0 amide bonds. The number of hydrogen-bond acceptors (Lipinski definition) is 5. The fourth-order valence-electron chi connectivity index (χ4n) is 3.71. The van der Waals surface area contributed by atoms with E-state index in [2.05, 4.69) is 29.2 Å². The fourth-order valence-corrected chi connectivity index (χ4v) is 3.71. The summed E-state index contributed by atoms with van der Waals surface area (Å²) in [6, 6.07) is 1.94. The number of carboxylic acids is 2. The molecule has 8 nitrogen and oxygen atoms in total. The highest BCUT2D eigenvalue weighted by atomic mass is 19.4. The number of aromatic nitrogens is 3. The van der Waals surface area contributed by atoms with E-state index >= 15 is 0 Å². The van der Waals surface area contributed by atoms with Crippen LogP contribution in [0.2, 0.25) is 0 Å². The maximum Gasteiger partial charge on any atom is 0.490 e. The van der Waals surface area contributed by atoms with Crippen LogP contribution in [0, 0.1) is 5.92 Å². The van der Waals surface area contributed by atoms with Crippen LogP contribution in [0.25, 0.3) is 11.3 Å². The first-order valence-electron chi connectivity index (χ1n) is 10.9. The number of fused-ring (bicyclic) bond motifs is 3. The third-order valence-corrected chi connectivity index (χ3v) is 5.61. The van der Waals surface area contributed by atoms with Gasteiger partial charge in [-0.1, -0.05) is 26.7 Å². The Morgan fingerprint density at radius 3 is 2.45 bits per heavy atom. The Kier molecular flexibility index (Phi) is 9.39. The number of rotatable bonds is 9. The number of nitrogens with zero attached hydrogens (tertiary/aromatic N) is 3. The lowest BCUT2D eigenvalue weighted by Gasteiger charge is -2.14. The van der Waals surface area contributed by atoms with Gasteiger partial charge >= 0.3 is 18.1 Å². The molecule has 3 rings (SSSR count). The van der Waals surface area contributed by atoms with E-state index in [1.165, 1.54) is 12.8 Å². The van der Waals surface area contributed by atoms with Crippen molar-refractivity contribution in [3.05, 3.63) is 35.3 Å². The number of aryl methyl sites for hydroxylation is 2. The van der Waals surface area contributed by atoms with Crippen LogP contribution in [-0.2, 0) is 24.2 Å². The molecule has 2 aromatic rings. The second kappa shape index (κ2) is 11.8. The molecule has 2 aromatic heterocycles. The van der Waals surface area contributed by atoms with Gasteiger partial charge in [-0.15, -0.1) is 0 Å². The van der Waals surface area contributed by atoms with Gasteiger partial charge in [-0.25, -0.2) is 9.59 Å². The van der Waals surface area contributed by atoms with Crippen molar-refractivity contribution in [3.63, 3.8) is 0 Å². The van der Waals surface area contributed by atoms with Crippen molar-refractivity contribution < 1.29 is 33.0 Å². The molecule has 0 radical (unpaired) electrons. The normalized spacial score (nSPS) is 12.5. The average Bonchev–Trinajstić information content (AvgIpc) is 3.15. The Labute approximate surface area is 189 Å². The van der Waals surface area contributed by atoms with Gasteiger partial charge < -0.3 is 15.5 Å². The zero-order chi connectivity index (χ0) is 24.6. The molecule has 3 N–H and O–H groups in total. The van der Waals surface area contributed by atoms with Crippen LogP contribution in [-0.4, -0.2) is 56.2 Å². The number of carboxylic acid groups (broad SMARTS) is 2. The second-order valence-corrected chi connectivity index (χ2v) is 7.78. The number of aromatic carboxylic acids is 1. The summed E-state index contributed by atoms with van der Waals surface area (Å²) in [5.41, 5.74) is 4.20. The fraction of sp³-hybridized carbons (Fsp3) is 0.545. The predicted molar refractivity (Wildman–Crippen MR) is 115 cm³/mol. The molecule has 0 bridgehead atoms. The number of alkyl halides is 3. The minimum atomic E-state index is -5.08. The van der Waals surface area contributed by atoms with E-state index in [-0.39, 0.29) is 0 Å². The summed E-state index contributed by atoms with van der Waals surface area (Å²) in [5, 5.41) is 25.0. The van der Waals surface area contributed by atoms with Gasteiger partial charge in [0.15, 0.2) is 0 Å². The van der Waals surface area contributed by atoms with Gasteiger partial charge in [0.2, 0.25) is 0 Å². The summed E-state index contributed by atoms with van der Waals surface area (Å²) in [6.45, 7) is 6.95. The lowest BCUT2D eigenvalue weighted by molar-refractivity contribution is -0.192. The van der Waals surface area contributed by atoms with Crippen molar-refractivity contribution in [1.29, 1.82) is 0 Å². The van der Waals surface area contributed by atoms with E-state index in [1.807, 2.05) is 12.3 Å². The van der Waals surface area contributed by atoms with Crippen LogP contribution in [0.1, 0.15) is 54.7 Å². The lowest BCUT2D eigenvalue weighted by Crippen LogP contribution is -2.24. The molecule has 0 saturated carbocycles. The molecule has 2 heterocycles. The van der Waals surface area contributed by atoms with Crippen LogP contribution in [0.5, 0.6) is 0 Å². The van der Waals surface area contributed by atoms with E-state index in [1.54, 1.807) is 10.9 Å². The Morgan fingerprint density at radius 2 is 1.88 bits per heavy atom. The quantitative estimate of drug-likeness (QED) is 0.477. The highest BCUT2D eigenvalue weighted by Gasteiger charge is 2.38. The predicted octanol–water partition coefficient (Wildman–Crippen LogP) is 3.79. The monoisotopic (exact) mass is 470 g/mol. The second-order valence-electron chi connectivity index (χ2n) is 7.78. The van der Waals surface area contributed by atoms with Gasteiger partial charge in [0.25, 0.3) is 0 Å². The molecule has 1 aliphatic carbocycles. The SMILES string of the molecule is CCC(CC)CNCCCn1nc2c(c1C(=O)O)CCc1cnccc1-2.O=C(O)C(F)(F)F. The number of carbonyl (C=O) groups is 2. The molecule has 0 atom stereocenters. The Morgan fingerprint density at radius 1 is 1.21 bits per heavy atom. The average molecular weight is 470 g/mol. The van der Waals surface area contributed by atoms with E-state index in [9.17, 15) is 23.1 Å². The van der Waals surface area contributed by atoms with Gasteiger partial charge in [-0.05, 0) is 49.9 Å². The molecule has 0 aromatic carbocycles. The van der Waals surface area contributed by atoms with Gasteiger partial charge in [-0.3, -0.25) is 9.67 Å². The third-order valence-electron chi connectivity index (χ3n) is 5.61. The molecule has 0 spiro atoms. The Balaban J connectivity index is 0.000000479. The van der Waals surface area contributed by atoms with Crippen molar-refractivity contribution in [3.8, 4) is 11.3 Å². The summed E-state index contributed by atoms with van der Waals surface area (Å²) in [6.07, 6.45) is 3.29. The molecule has 0 aliphatic heterocycles. The third kappa shape index (κ3) is 7.01. The largest absolute Gasteiger partial charge is 0.490 e. The summed E-state index contributed by atoms with van der Waals surface area (Å²) in [7, 11) is 0.